The second kappa shape index (κ2) is 33.2. The normalized spacial score (nSPS) is 18.1. The lowest BCUT2D eigenvalue weighted by molar-refractivity contribution is -0.153. The summed E-state index contributed by atoms with van der Waals surface area (Å²) < 4.78 is 47.7. The lowest BCUT2D eigenvalue weighted by Gasteiger charge is -2.27. The van der Waals surface area contributed by atoms with Gasteiger partial charge in [-0.05, 0) is 79.1 Å². The second-order valence-electron chi connectivity index (χ2n) is 12.6. The maximum Gasteiger partial charge on any atom is 0.508 e. The number of ether oxygens (including phenoxy) is 10. The van der Waals surface area contributed by atoms with E-state index in [1.807, 2.05) is 0 Å². The fourth-order valence-electron chi connectivity index (χ4n) is 3.58. The van der Waals surface area contributed by atoms with Crippen LogP contribution in [-0.2, 0) is 57.0 Å². The smallest absolute Gasteiger partial charge is 0.461 e. The van der Waals surface area contributed by atoms with Crippen LogP contribution in [0, 0.1) is 11.8 Å². The predicted octanol–water partition coefficient (Wildman–Crippen LogP) is 2.51. The Kier molecular flexibility index (Phi) is 32.5. The van der Waals surface area contributed by atoms with E-state index in [1.54, 1.807) is 21.0 Å². The van der Waals surface area contributed by atoms with Crippen molar-refractivity contribution in [2.75, 3.05) is 72.5 Å². The van der Waals surface area contributed by atoms with Gasteiger partial charge in [-0.3, -0.25) is 0 Å². The molecule has 0 heterocycles. The standard InChI is InChI=1S/C17H30O8.C9H16O7.C8H15ClO4/c1-12(18)8-22-16(19)24-10-14-4-6-15(7-5-14)11-25-17(20)23-9-13(2)21-3;1-6(10)3-14-8(12)5-16-9(13)15-4-7(2)11;1-6(10)4-13-8(11)5-12-7(2)3-9/h12-15,18H,4-11H2,1-3H3;6-7,10-11H,3-5H2,1-2H3;6-7,10H,3-5H2,1-2H3. The van der Waals surface area contributed by atoms with Gasteiger partial charge in [-0.25, -0.2) is 24.0 Å². The quantitative estimate of drug-likeness (QED) is 0.0738. The van der Waals surface area contributed by atoms with Crippen LogP contribution in [0.3, 0.4) is 0 Å². The third-order valence-corrected chi connectivity index (χ3v) is 6.98. The maximum absolute atomic E-state index is 11.5. The summed E-state index contributed by atoms with van der Waals surface area (Å²) in [6, 6.07) is 0. The van der Waals surface area contributed by atoms with E-state index in [9.17, 15) is 24.0 Å². The summed E-state index contributed by atoms with van der Waals surface area (Å²) in [5.41, 5.74) is 0. The number of aliphatic hydroxyl groups is 4. The second-order valence-corrected chi connectivity index (χ2v) is 12.9. The van der Waals surface area contributed by atoms with Gasteiger partial charge in [0.25, 0.3) is 0 Å². The van der Waals surface area contributed by atoms with Crippen LogP contribution in [0.4, 0.5) is 14.4 Å². The Balaban J connectivity index is 0. The zero-order chi connectivity index (χ0) is 41.5. The van der Waals surface area contributed by atoms with Gasteiger partial charge in [0.1, 0.15) is 39.6 Å². The van der Waals surface area contributed by atoms with Gasteiger partial charge in [0.05, 0.1) is 49.8 Å². The molecule has 1 aliphatic carbocycles. The van der Waals surface area contributed by atoms with Gasteiger partial charge >= 0.3 is 30.4 Å². The number of carbonyl (C=O) groups excluding carboxylic acids is 5. The minimum atomic E-state index is -1.06. The van der Waals surface area contributed by atoms with Gasteiger partial charge in [-0.2, -0.15) is 0 Å². The predicted molar refractivity (Wildman–Crippen MR) is 189 cm³/mol. The van der Waals surface area contributed by atoms with Gasteiger partial charge in [0.2, 0.25) is 0 Å². The van der Waals surface area contributed by atoms with Gasteiger partial charge in [0.15, 0.2) is 6.61 Å². The van der Waals surface area contributed by atoms with E-state index in [0.29, 0.717) is 25.0 Å². The van der Waals surface area contributed by atoms with Gasteiger partial charge < -0.3 is 67.8 Å². The van der Waals surface area contributed by atoms with Crippen molar-refractivity contribution < 1.29 is 91.8 Å². The summed E-state index contributed by atoms with van der Waals surface area (Å²) in [6.45, 7) is 9.18. The van der Waals surface area contributed by atoms with Crippen molar-refractivity contribution in [1.82, 2.24) is 0 Å². The maximum atomic E-state index is 11.5. The molecule has 0 aromatic heterocycles. The Labute approximate surface area is 321 Å². The minimum Gasteiger partial charge on any atom is -0.461 e. The van der Waals surface area contributed by atoms with Crippen LogP contribution in [0.25, 0.3) is 0 Å². The van der Waals surface area contributed by atoms with Gasteiger partial charge in [0, 0.05) is 13.0 Å². The van der Waals surface area contributed by atoms with Crippen LogP contribution < -0.4 is 0 Å². The SMILES string of the molecule is CC(O)COC(=O)COC(=O)OCC(C)O.CC(O)COC(=O)COC(C)CCl.COC(C)COC(=O)OCC1CCC(COC(=O)OCC(C)O)CC1. The first-order chi connectivity index (χ1) is 25.4. The Morgan fingerprint density at radius 1 is 0.519 bits per heavy atom. The molecule has 0 amide bonds. The molecule has 6 unspecified atom stereocenters. The minimum absolute atomic E-state index is 0.00253. The van der Waals surface area contributed by atoms with Crippen molar-refractivity contribution in [3.63, 3.8) is 0 Å². The lowest BCUT2D eigenvalue weighted by Crippen LogP contribution is -2.25. The molecule has 318 valence electrons. The molecule has 20 heteroatoms. The largest absolute Gasteiger partial charge is 0.508 e. The monoisotopic (exact) mass is 808 g/mol. The number of hydrogen-bond donors (Lipinski definition) is 4. The number of esters is 2. The summed E-state index contributed by atoms with van der Waals surface area (Å²) in [5, 5.41) is 35.4. The van der Waals surface area contributed by atoms with Crippen molar-refractivity contribution in [3.8, 4) is 0 Å². The molecule has 6 atom stereocenters. The molecule has 0 spiro atoms. The third-order valence-electron chi connectivity index (χ3n) is 6.55. The van der Waals surface area contributed by atoms with Gasteiger partial charge in [-0.1, -0.05) is 0 Å². The van der Waals surface area contributed by atoms with Crippen LogP contribution in [-0.4, -0.2) is 160 Å². The summed E-state index contributed by atoms with van der Waals surface area (Å²) in [6.07, 6.45) is -2.12. The Bertz CT molecular complexity index is 978. The van der Waals surface area contributed by atoms with E-state index in [2.05, 4.69) is 18.9 Å². The highest BCUT2D eigenvalue weighted by molar-refractivity contribution is 6.18. The van der Waals surface area contributed by atoms with Gasteiger partial charge in [-0.15, -0.1) is 11.6 Å². The molecule has 0 aliphatic heterocycles. The average molecular weight is 809 g/mol. The Morgan fingerprint density at radius 3 is 1.24 bits per heavy atom. The highest BCUT2D eigenvalue weighted by atomic mass is 35.5. The molecule has 0 radical (unpaired) electrons. The molecule has 0 aromatic rings. The number of halogens is 1. The topological polar surface area (TPSA) is 259 Å². The molecule has 1 saturated carbocycles. The lowest BCUT2D eigenvalue weighted by atomic mass is 9.83. The van der Waals surface area contributed by atoms with E-state index < -0.39 is 61.4 Å². The fourth-order valence-corrected chi connectivity index (χ4v) is 3.66. The molecule has 0 bridgehead atoms. The van der Waals surface area contributed by atoms with Crippen molar-refractivity contribution in [2.24, 2.45) is 11.8 Å². The number of aliphatic hydroxyl groups excluding tert-OH is 4. The number of hydrogen-bond acceptors (Lipinski definition) is 19. The summed E-state index contributed by atoms with van der Waals surface area (Å²) in [5.74, 6) is -0.354. The molecule has 0 saturated heterocycles. The highest BCUT2D eigenvalue weighted by Crippen LogP contribution is 2.29. The summed E-state index contributed by atoms with van der Waals surface area (Å²) in [4.78, 5) is 55.3. The van der Waals surface area contributed by atoms with E-state index in [1.165, 1.54) is 27.7 Å². The van der Waals surface area contributed by atoms with Crippen LogP contribution in [0.5, 0.6) is 0 Å². The van der Waals surface area contributed by atoms with Crippen LogP contribution in [0.15, 0.2) is 0 Å². The van der Waals surface area contributed by atoms with E-state index in [0.717, 1.165) is 25.7 Å². The molecule has 19 nitrogen and oxygen atoms in total. The molecule has 0 aromatic carbocycles. The first-order valence-corrected chi connectivity index (χ1v) is 18.0. The highest BCUT2D eigenvalue weighted by Gasteiger charge is 2.24. The van der Waals surface area contributed by atoms with Crippen molar-refractivity contribution in [2.45, 2.75) is 104 Å². The van der Waals surface area contributed by atoms with Crippen LogP contribution in [0.2, 0.25) is 0 Å². The molecule has 1 rings (SSSR count). The molecule has 1 fully saturated rings. The average Bonchev–Trinajstić information content (AvgIpc) is 3.13. The first kappa shape index (κ1) is 52.9. The van der Waals surface area contributed by atoms with E-state index >= 15 is 0 Å². The van der Waals surface area contributed by atoms with Crippen molar-refractivity contribution in [1.29, 1.82) is 0 Å². The molecule has 4 N–H and O–H groups in total. The van der Waals surface area contributed by atoms with E-state index in [-0.39, 0.29) is 57.8 Å². The fraction of sp³-hybridized carbons (Fsp3) is 0.853. The van der Waals surface area contributed by atoms with Crippen molar-refractivity contribution in [3.05, 3.63) is 0 Å². The van der Waals surface area contributed by atoms with Crippen LogP contribution >= 0.6 is 11.6 Å². The summed E-state index contributed by atoms with van der Waals surface area (Å²) >= 11 is 5.45. The zero-order valence-corrected chi connectivity index (χ0v) is 33.1. The Hall–Kier alpha value is -3.20. The zero-order valence-electron chi connectivity index (χ0n) is 32.3. The number of carbonyl (C=O) groups is 5. The van der Waals surface area contributed by atoms with Crippen LogP contribution in [0.1, 0.15) is 67.2 Å². The molecule has 1 aliphatic rings. The number of alkyl halides is 1. The third kappa shape index (κ3) is 35.8. The van der Waals surface area contributed by atoms with E-state index in [4.69, 9.17) is 60.4 Å². The summed E-state index contributed by atoms with van der Waals surface area (Å²) in [7, 11) is 1.55. The molecular weight excluding hydrogens is 748 g/mol. The molecular formula is C34H61ClO19. The molecule has 54 heavy (non-hydrogen) atoms. The number of rotatable bonds is 21. The Morgan fingerprint density at radius 2 is 0.870 bits per heavy atom. The van der Waals surface area contributed by atoms with Crippen molar-refractivity contribution >= 4 is 42.0 Å². The number of methoxy groups -OCH3 is 1. The first-order valence-electron chi connectivity index (χ1n) is 17.5.